The summed E-state index contributed by atoms with van der Waals surface area (Å²) in [6, 6.07) is 12.1. The van der Waals surface area contributed by atoms with Gasteiger partial charge in [0.05, 0.1) is 26.6 Å². The van der Waals surface area contributed by atoms with E-state index in [2.05, 4.69) is 0 Å². The van der Waals surface area contributed by atoms with Crippen LogP contribution < -0.4 is 0 Å². The van der Waals surface area contributed by atoms with Crippen LogP contribution in [0.2, 0.25) is 10.0 Å². The van der Waals surface area contributed by atoms with Crippen LogP contribution in [0.3, 0.4) is 0 Å². The summed E-state index contributed by atoms with van der Waals surface area (Å²) in [7, 11) is -4.00. The highest BCUT2D eigenvalue weighted by atomic mass is 35.5. The Labute approximate surface area is 256 Å². The van der Waals surface area contributed by atoms with Crippen LogP contribution in [0.4, 0.5) is 0 Å². The second-order valence-corrected chi connectivity index (χ2v) is 15.4. The number of carbonyl (C=O) groups is 4. The van der Waals surface area contributed by atoms with Gasteiger partial charge >= 0.3 is 0 Å². The molecule has 1 amide bonds. The number of Topliss-reactive ketones (excluding diaryl/α,β-unsaturated/α-hetero) is 3. The van der Waals surface area contributed by atoms with Crippen molar-refractivity contribution >= 4 is 56.3 Å². The summed E-state index contributed by atoms with van der Waals surface area (Å²) < 4.78 is 27.5. The highest BCUT2D eigenvalue weighted by molar-refractivity contribution is 7.92. The summed E-state index contributed by atoms with van der Waals surface area (Å²) in [5, 5.41) is -0.451. The van der Waals surface area contributed by atoms with Crippen LogP contribution in [0.15, 0.2) is 53.4 Å². The van der Waals surface area contributed by atoms with Gasteiger partial charge in [-0.15, -0.1) is 0 Å². The van der Waals surface area contributed by atoms with E-state index in [0.29, 0.717) is 17.9 Å². The molecule has 224 valence electrons. The molecule has 0 spiro atoms. The predicted molar refractivity (Wildman–Crippen MR) is 160 cm³/mol. The summed E-state index contributed by atoms with van der Waals surface area (Å²) in [4.78, 5) is 55.3. The van der Waals surface area contributed by atoms with Gasteiger partial charge in [-0.3, -0.25) is 19.2 Å². The minimum Gasteiger partial charge on any atom is -0.331 e. The van der Waals surface area contributed by atoms with Crippen LogP contribution in [0.1, 0.15) is 64.4 Å². The fourth-order valence-corrected chi connectivity index (χ4v) is 8.42. The summed E-state index contributed by atoms with van der Waals surface area (Å²) in [6.07, 6.45) is 2.86. The summed E-state index contributed by atoms with van der Waals surface area (Å²) in [6.45, 7) is 3.42. The lowest BCUT2D eigenvalue weighted by Crippen LogP contribution is -2.47. The van der Waals surface area contributed by atoms with Crippen molar-refractivity contribution in [3.8, 4) is 0 Å². The second kappa shape index (κ2) is 11.9. The first-order chi connectivity index (χ1) is 19.8. The molecule has 0 aromatic heterocycles. The molecule has 0 radical (unpaired) electrons. The molecule has 2 aromatic rings. The number of hydrogen-bond acceptors (Lipinski definition) is 6. The number of nitrogens with zero attached hydrogens (tertiary/aromatic N) is 1. The molecule has 42 heavy (non-hydrogen) atoms. The number of ketones is 3. The molecular formula is C32H35Cl2NO6S. The summed E-state index contributed by atoms with van der Waals surface area (Å²) in [5.74, 6) is -2.59. The van der Waals surface area contributed by atoms with Gasteiger partial charge in [0.25, 0.3) is 0 Å². The maximum Gasteiger partial charge on any atom is 0.233 e. The Kier molecular flexibility index (Phi) is 8.72. The molecule has 10 heteroatoms. The molecule has 0 bridgehead atoms. The van der Waals surface area contributed by atoms with E-state index in [1.807, 2.05) is 0 Å². The average Bonchev–Trinajstić information content (AvgIpc) is 3.89. The smallest absolute Gasteiger partial charge is 0.233 e. The fourth-order valence-electron chi connectivity index (χ4n) is 6.08. The highest BCUT2D eigenvalue weighted by Crippen LogP contribution is 2.51. The summed E-state index contributed by atoms with van der Waals surface area (Å²) >= 11 is 12.3. The monoisotopic (exact) mass is 631 g/mol. The topological polar surface area (TPSA) is 106 Å². The molecule has 5 rings (SSSR count). The molecule has 1 aliphatic heterocycles. The van der Waals surface area contributed by atoms with Crippen LogP contribution in [-0.4, -0.2) is 54.4 Å². The van der Waals surface area contributed by atoms with Crippen LogP contribution in [-0.2, 0) is 34.4 Å². The van der Waals surface area contributed by atoms with Crippen LogP contribution in [0.25, 0.3) is 0 Å². The molecule has 2 saturated carbocycles. The number of rotatable bonds is 12. The predicted octanol–water partition coefficient (Wildman–Crippen LogP) is 5.64. The van der Waals surface area contributed by atoms with Gasteiger partial charge in [-0.25, -0.2) is 8.42 Å². The van der Waals surface area contributed by atoms with Gasteiger partial charge in [0.1, 0.15) is 0 Å². The van der Waals surface area contributed by atoms with Gasteiger partial charge in [0.15, 0.2) is 21.4 Å². The lowest BCUT2D eigenvalue weighted by atomic mass is 9.83. The van der Waals surface area contributed by atoms with Crippen molar-refractivity contribution in [1.29, 1.82) is 0 Å². The number of likely N-dealkylation sites (tertiary alicyclic amines) is 1. The van der Waals surface area contributed by atoms with E-state index >= 15 is 0 Å². The first-order valence-electron chi connectivity index (χ1n) is 14.5. The van der Waals surface area contributed by atoms with Crippen molar-refractivity contribution in [2.45, 2.75) is 80.4 Å². The zero-order chi connectivity index (χ0) is 30.4. The molecule has 1 heterocycles. The van der Waals surface area contributed by atoms with Crippen molar-refractivity contribution in [2.24, 2.45) is 17.8 Å². The van der Waals surface area contributed by atoms with E-state index in [4.69, 9.17) is 23.2 Å². The van der Waals surface area contributed by atoms with Gasteiger partial charge in [0.2, 0.25) is 11.7 Å². The Morgan fingerprint density at radius 3 is 2.19 bits per heavy atom. The molecule has 7 nitrogen and oxygen atoms in total. The standard InChI is InChI=1S/C32H35Cl2NO6S/c1-19(2)24(30(38)28(37)15-20-7-8-20)17-27(36)26-16-23(42(40,41)29-6-4-3-5-25(29)34)18-35(26)31(39)32(13-14-32)21-9-11-22(33)12-10-21/h3-6,9-12,19-20,23-24,26H,7-8,13-18H2,1-2H3/t23-,24+,26+/m1/s1. The lowest BCUT2D eigenvalue weighted by molar-refractivity contribution is -0.143. The van der Waals surface area contributed by atoms with Crippen LogP contribution in [0, 0.1) is 17.8 Å². The third-order valence-electron chi connectivity index (χ3n) is 9.04. The minimum atomic E-state index is -4.00. The number of sulfone groups is 1. The molecule has 1 saturated heterocycles. The van der Waals surface area contributed by atoms with E-state index in [9.17, 15) is 27.6 Å². The van der Waals surface area contributed by atoms with Crippen molar-refractivity contribution in [3.63, 3.8) is 0 Å². The Morgan fingerprint density at radius 2 is 1.62 bits per heavy atom. The first-order valence-corrected chi connectivity index (χ1v) is 16.8. The van der Waals surface area contributed by atoms with E-state index in [1.54, 1.807) is 50.2 Å². The molecule has 0 unspecified atom stereocenters. The Morgan fingerprint density at radius 1 is 0.976 bits per heavy atom. The molecule has 2 aromatic carbocycles. The lowest BCUT2D eigenvalue weighted by Gasteiger charge is -2.29. The maximum atomic E-state index is 14.2. The van der Waals surface area contributed by atoms with Crippen molar-refractivity contribution in [2.75, 3.05) is 6.54 Å². The highest BCUT2D eigenvalue weighted by Gasteiger charge is 2.57. The van der Waals surface area contributed by atoms with Gasteiger partial charge in [-0.1, -0.05) is 61.3 Å². The number of hydrogen-bond donors (Lipinski definition) is 0. The minimum absolute atomic E-state index is 0.0445. The largest absolute Gasteiger partial charge is 0.331 e. The molecule has 3 atom stereocenters. The van der Waals surface area contributed by atoms with E-state index in [0.717, 1.165) is 18.4 Å². The third kappa shape index (κ3) is 6.08. The average molecular weight is 633 g/mol. The molecule has 0 N–H and O–H groups in total. The normalized spacial score (nSPS) is 22.2. The second-order valence-electron chi connectivity index (χ2n) is 12.4. The number of amides is 1. The van der Waals surface area contributed by atoms with E-state index in [-0.39, 0.29) is 53.5 Å². The quantitative estimate of drug-likeness (QED) is 0.281. The third-order valence-corrected chi connectivity index (χ3v) is 11.9. The number of benzene rings is 2. The first kappa shape index (κ1) is 30.9. The van der Waals surface area contributed by atoms with Gasteiger partial charge < -0.3 is 4.90 Å². The zero-order valence-electron chi connectivity index (χ0n) is 23.7. The number of halogens is 2. The van der Waals surface area contributed by atoms with Crippen molar-refractivity contribution in [1.82, 2.24) is 4.90 Å². The summed E-state index contributed by atoms with van der Waals surface area (Å²) in [5.41, 5.74) is -0.0962. The van der Waals surface area contributed by atoms with Crippen molar-refractivity contribution in [3.05, 3.63) is 64.1 Å². The van der Waals surface area contributed by atoms with E-state index in [1.165, 1.54) is 17.0 Å². The maximum absolute atomic E-state index is 14.2. The van der Waals surface area contributed by atoms with E-state index < -0.39 is 49.8 Å². The molecule has 3 aliphatic rings. The van der Waals surface area contributed by atoms with Crippen LogP contribution in [0.5, 0.6) is 0 Å². The van der Waals surface area contributed by atoms with Gasteiger partial charge in [-0.2, -0.15) is 0 Å². The zero-order valence-corrected chi connectivity index (χ0v) is 26.1. The Balaban J connectivity index is 1.45. The fraction of sp³-hybridized carbons (Fsp3) is 0.500. The van der Waals surface area contributed by atoms with Crippen LogP contribution >= 0.6 is 23.2 Å². The van der Waals surface area contributed by atoms with Gasteiger partial charge in [-0.05, 0) is 73.8 Å². The molecular weight excluding hydrogens is 597 g/mol. The Bertz CT molecular complexity index is 1510. The SMILES string of the molecule is CC(C)[C@H](CC(=O)[C@@H]1C[C@@H](S(=O)(=O)c2ccccc2Cl)CN1C(=O)C1(c2ccc(Cl)cc2)CC1)C(=O)C(=O)CC1CC1. The molecule has 3 fully saturated rings. The number of carbonyl (C=O) groups excluding carboxylic acids is 4. The Hall–Kier alpha value is -2.55. The van der Waals surface area contributed by atoms with Gasteiger partial charge in [0, 0.05) is 30.3 Å². The van der Waals surface area contributed by atoms with Crippen molar-refractivity contribution < 1.29 is 27.6 Å². The molecule has 2 aliphatic carbocycles.